The summed E-state index contributed by atoms with van der Waals surface area (Å²) in [5.74, 6) is -0.514. The Hall–Kier alpha value is -2.43. The predicted molar refractivity (Wildman–Crippen MR) is 69.6 cm³/mol. The lowest BCUT2D eigenvalue weighted by Crippen LogP contribution is -2.10. The molecule has 0 atom stereocenters. The van der Waals surface area contributed by atoms with Crippen molar-refractivity contribution in [3.05, 3.63) is 53.5 Å². The van der Waals surface area contributed by atoms with Crippen LogP contribution in [0.2, 0.25) is 0 Å². The van der Waals surface area contributed by atoms with Crippen LogP contribution in [0.25, 0.3) is 0 Å². The van der Waals surface area contributed by atoms with E-state index in [2.05, 4.69) is 4.98 Å². The fraction of sp³-hybridized carbons (Fsp3) is 0.143. The van der Waals surface area contributed by atoms with E-state index in [0.717, 1.165) is 0 Å². The van der Waals surface area contributed by atoms with Gasteiger partial charge >= 0.3 is 0 Å². The van der Waals surface area contributed by atoms with E-state index in [1.807, 2.05) is 0 Å². The minimum Gasteiger partial charge on any atom is -0.496 e. The van der Waals surface area contributed by atoms with E-state index in [0.29, 0.717) is 5.56 Å². The van der Waals surface area contributed by atoms with Gasteiger partial charge in [-0.05, 0) is 18.2 Å². The van der Waals surface area contributed by atoms with Gasteiger partial charge in [-0.25, -0.2) is 9.37 Å². The minimum absolute atomic E-state index is 0.0169. The molecule has 0 fully saturated rings. The van der Waals surface area contributed by atoms with E-state index in [1.165, 1.54) is 25.4 Å². The second-order valence-corrected chi connectivity index (χ2v) is 3.96. The molecule has 0 unspecified atom stereocenters. The lowest BCUT2D eigenvalue weighted by atomic mass is 10.0. The lowest BCUT2D eigenvalue weighted by Gasteiger charge is -2.09. The van der Waals surface area contributed by atoms with Gasteiger partial charge in [-0.2, -0.15) is 0 Å². The number of nitrogens with zero attached hydrogens (tertiary/aromatic N) is 1. The number of Topliss-reactive ketones (excluding diaryl/α,β-unsaturated/α-hetero) is 1. The molecular weight excluding hydrogens is 247 g/mol. The number of rotatable bonds is 4. The van der Waals surface area contributed by atoms with Crippen LogP contribution >= 0.6 is 0 Å². The van der Waals surface area contributed by atoms with E-state index in [4.69, 9.17) is 10.5 Å². The van der Waals surface area contributed by atoms with Crippen LogP contribution in [0.5, 0.6) is 5.75 Å². The van der Waals surface area contributed by atoms with Gasteiger partial charge < -0.3 is 10.5 Å². The summed E-state index contributed by atoms with van der Waals surface area (Å²) in [6.45, 7) is 0. The van der Waals surface area contributed by atoms with Crippen LogP contribution in [-0.4, -0.2) is 17.9 Å². The molecule has 0 aliphatic rings. The molecule has 2 N–H and O–H groups in total. The van der Waals surface area contributed by atoms with Crippen molar-refractivity contribution in [3.8, 4) is 5.75 Å². The second kappa shape index (κ2) is 5.48. The van der Waals surface area contributed by atoms with Crippen LogP contribution in [0.1, 0.15) is 15.9 Å². The fourth-order valence-electron chi connectivity index (χ4n) is 1.81. The number of ether oxygens (including phenoxy) is 1. The highest BCUT2D eigenvalue weighted by molar-refractivity contribution is 6.00. The van der Waals surface area contributed by atoms with Crippen molar-refractivity contribution in [2.45, 2.75) is 6.42 Å². The monoisotopic (exact) mass is 260 g/mol. The number of benzene rings is 1. The molecule has 1 heterocycles. The lowest BCUT2D eigenvalue weighted by molar-refractivity contribution is 0.0986. The first-order valence-corrected chi connectivity index (χ1v) is 5.68. The molecule has 0 bridgehead atoms. The number of anilines is 1. The van der Waals surface area contributed by atoms with Crippen LogP contribution in [-0.2, 0) is 6.42 Å². The van der Waals surface area contributed by atoms with Gasteiger partial charge in [0.05, 0.1) is 12.7 Å². The van der Waals surface area contributed by atoms with Crippen molar-refractivity contribution in [3.63, 3.8) is 0 Å². The summed E-state index contributed by atoms with van der Waals surface area (Å²) in [5.41, 5.74) is 6.17. The van der Waals surface area contributed by atoms with E-state index >= 15 is 0 Å². The Balaban J connectivity index is 2.33. The van der Waals surface area contributed by atoms with Gasteiger partial charge in [0.25, 0.3) is 0 Å². The highest BCUT2D eigenvalue weighted by Gasteiger charge is 2.18. The molecule has 2 rings (SSSR count). The summed E-state index contributed by atoms with van der Waals surface area (Å²) >= 11 is 0. The van der Waals surface area contributed by atoms with Gasteiger partial charge in [0.1, 0.15) is 17.4 Å². The van der Waals surface area contributed by atoms with Gasteiger partial charge in [0, 0.05) is 18.2 Å². The summed E-state index contributed by atoms with van der Waals surface area (Å²) in [7, 11) is 1.39. The summed E-state index contributed by atoms with van der Waals surface area (Å²) in [4.78, 5) is 16.1. The Kier molecular flexibility index (Phi) is 3.75. The molecule has 0 amide bonds. The van der Waals surface area contributed by atoms with Crippen molar-refractivity contribution in [1.29, 1.82) is 0 Å². The van der Waals surface area contributed by atoms with E-state index in [9.17, 15) is 9.18 Å². The summed E-state index contributed by atoms with van der Waals surface area (Å²) in [5, 5.41) is 0. The largest absolute Gasteiger partial charge is 0.496 e. The molecule has 4 nitrogen and oxygen atoms in total. The highest BCUT2D eigenvalue weighted by atomic mass is 19.1. The molecule has 0 radical (unpaired) electrons. The topological polar surface area (TPSA) is 65.2 Å². The van der Waals surface area contributed by atoms with Gasteiger partial charge in [0.2, 0.25) is 0 Å². The van der Waals surface area contributed by atoms with Crippen molar-refractivity contribution in [2.75, 3.05) is 12.8 Å². The molecule has 19 heavy (non-hydrogen) atoms. The Morgan fingerprint density at radius 1 is 1.37 bits per heavy atom. The first-order chi connectivity index (χ1) is 9.13. The number of halogens is 1. The van der Waals surface area contributed by atoms with Crippen molar-refractivity contribution in [1.82, 2.24) is 4.98 Å². The van der Waals surface area contributed by atoms with E-state index in [-0.39, 0.29) is 23.6 Å². The van der Waals surface area contributed by atoms with E-state index in [1.54, 1.807) is 18.2 Å². The predicted octanol–water partition coefficient (Wildman–Crippen LogP) is 2.24. The first kappa shape index (κ1) is 13.0. The number of methoxy groups -OCH3 is 1. The maximum atomic E-state index is 13.7. The number of hydrogen-bond donors (Lipinski definition) is 1. The Labute approximate surface area is 110 Å². The third kappa shape index (κ3) is 2.70. The van der Waals surface area contributed by atoms with Gasteiger partial charge in [-0.3, -0.25) is 4.79 Å². The summed E-state index contributed by atoms with van der Waals surface area (Å²) in [6, 6.07) is 7.62. The van der Waals surface area contributed by atoms with Gasteiger partial charge in [-0.1, -0.05) is 12.1 Å². The van der Waals surface area contributed by atoms with Gasteiger partial charge in [-0.15, -0.1) is 0 Å². The molecule has 98 valence electrons. The second-order valence-electron chi connectivity index (χ2n) is 3.96. The number of carbonyl (C=O) groups excluding carboxylic acids is 1. The summed E-state index contributed by atoms with van der Waals surface area (Å²) in [6.07, 6.45) is 1.52. The van der Waals surface area contributed by atoms with Gasteiger partial charge in [0.15, 0.2) is 5.78 Å². The van der Waals surface area contributed by atoms with Crippen LogP contribution in [0.4, 0.5) is 10.2 Å². The minimum atomic E-state index is -0.605. The van der Waals surface area contributed by atoms with E-state index < -0.39 is 11.6 Å². The van der Waals surface area contributed by atoms with Crippen LogP contribution in [0.15, 0.2) is 36.5 Å². The van der Waals surface area contributed by atoms with Crippen LogP contribution in [0, 0.1) is 5.82 Å². The maximum Gasteiger partial charge on any atom is 0.174 e. The molecule has 0 spiro atoms. The Morgan fingerprint density at radius 2 is 2.16 bits per heavy atom. The van der Waals surface area contributed by atoms with Crippen molar-refractivity contribution >= 4 is 11.6 Å². The first-order valence-electron chi connectivity index (χ1n) is 5.68. The molecule has 2 aromatic rings. The zero-order valence-electron chi connectivity index (χ0n) is 10.4. The third-order valence-corrected chi connectivity index (χ3v) is 2.75. The number of aromatic nitrogens is 1. The number of nitrogens with two attached hydrogens (primary N) is 1. The standard InChI is InChI=1S/C14H13FN2O2/c1-19-12-6-2-5-10(15)13(12)11(18)8-9-4-3-7-17-14(9)16/h2-7H,8H2,1H3,(H2,16,17). The third-order valence-electron chi connectivity index (χ3n) is 2.75. The van der Waals surface area contributed by atoms with Crippen LogP contribution < -0.4 is 10.5 Å². The van der Waals surface area contributed by atoms with Crippen molar-refractivity contribution < 1.29 is 13.9 Å². The Morgan fingerprint density at radius 3 is 2.84 bits per heavy atom. The molecule has 1 aromatic carbocycles. The number of carbonyl (C=O) groups is 1. The fourth-order valence-corrected chi connectivity index (χ4v) is 1.81. The number of ketones is 1. The molecule has 0 aliphatic carbocycles. The van der Waals surface area contributed by atoms with Crippen LogP contribution in [0.3, 0.4) is 0 Å². The average molecular weight is 260 g/mol. The molecule has 0 saturated heterocycles. The van der Waals surface area contributed by atoms with Crippen molar-refractivity contribution in [2.24, 2.45) is 0 Å². The zero-order valence-corrected chi connectivity index (χ0v) is 10.4. The normalized spacial score (nSPS) is 10.2. The smallest absolute Gasteiger partial charge is 0.174 e. The molecule has 5 heteroatoms. The average Bonchev–Trinajstić information content (AvgIpc) is 2.40. The SMILES string of the molecule is COc1cccc(F)c1C(=O)Cc1cccnc1N. The highest BCUT2D eigenvalue weighted by Crippen LogP contribution is 2.23. The number of nitrogen functional groups attached to an aromatic ring is 1. The molecule has 0 saturated carbocycles. The molecular formula is C14H13FN2O2. The zero-order chi connectivity index (χ0) is 13.8. The summed E-state index contributed by atoms with van der Waals surface area (Å²) < 4.78 is 18.8. The molecule has 0 aliphatic heterocycles. The quantitative estimate of drug-likeness (QED) is 0.856. The number of pyridine rings is 1. The number of hydrogen-bond acceptors (Lipinski definition) is 4. The Bertz CT molecular complexity index is 614. The maximum absolute atomic E-state index is 13.7. The molecule has 1 aromatic heterocycles.